The highest BCUT2D eigenvalue weighted by Gasteiger charge is 2.25. The van der Waals surface area contributed by atoms with Crippen molar-refractivity contribution in [2.75, 3.05) is 19.7 Å². The Morgan fingerprint density at radius 2 is 2.04 bits per heavy atom. The molecule has 0 aromatic heterocycles. The fourth-order valence-corrected chi connectivity index (χ4v) is 3.17. The third kappa shape index (κ3) is 4.34. The Labute approximate surface area is 149 Å². The molecular weight excluding hydrogens is 378 g/mol. The van der Waals surface area contributed by atoms with Crippen molar-refractivity contribution in [2.45, 2.75) is 12.5 Å². The number of hydrogen-bond acceptors (Lipinski definition) is 2. The fourth-order valence-electron chi connectivity index (χ4n) is 2.69. The molecule has 3 rings (SSSR count). The zero-order chi connectivity index (χ0) is 16.2. The smallest absolute Gasteiger partial charge is 0.227 e. The van der Waals surface area contributed by atoms with E-state index in [1.165, 1.54) is 0 Å². The Morgan fingerprint density at radius 3 is 2.78 bits per heavy atom. The molecule has 1 fully saturated rings. The number of carbonyl (C=O) groups excluding carboxylic acids is 1. The van der Waals surface area contributed by atoms with E-state index in [9.17, 15) is 4.79 Å². The molecule has 1 aliphatic heterocycles. The van der Waals surface area contributed by atoms with Gasteiger partial charge in [0.05, 0.1) is 19.6 Å². The molecule has 0 N–H and O–H groups in total. The SMILES string of the molecule is O=C(Cc1cccc(Cl)c1)N1CCOC(c2ccc(Br)cc2)C1. The molecule has 2 aromatic rings. The first-order valence-electron chi connectivity index (χ1n) is 7.51. The Kier molecular flexibility index (Phi) is 5.36. The molecule has 0 radical (unpaired) electrons. The van der Waals surface area contributed by atoms with E-state index in [0.29, 0.717) is 31.1 Å². The highest BCUT2D eigenvalue weighted by molar-refractivity contribution is 9.10. The van der Waals surface area contributed by atoms with E-state index >= 15 is 0 Å². The predicted octanol–water partition coefficient (Wildman–Crippen LogP) is 4.25. The van der Waals surface area contributed by atoms with E-state index in [2.05, 4.69) is 15.9 Å². The van der Waals surface area contributed by atoms with E-state index in [1.807, 2.05) is 53.4 Å². The topological polar surface area (TPSA) is 29.5 Å². The van der Waals surface area contributed by atoms with E-state index in [0.717, 1.165) is 15.6 Å². The Balaban J connectivity index is 1.65. The van der Waals surface area contributed by atoms with Crippen molar-refractivity contribution in [3.8, 4) is 0 Å². The van der Waals surface area contributed by atoms with E-state index in [-0.39, 0.29) is 12.0 Å². The average molecular weight is 395 g/mol. The number of carbonyl (C=O) groups is 1. The van der Waals surface area contributed by atoms with Crippen LogP contribution in [0.2, 0.25) is 5.02 Å². The van der Waals surface area contributed by atoms with Gasteiger partial charge in [-0.1, -0.05) is 51.8 Å². The van der Waals surface area contributed by atoms with Gasteiger partial charge >= 0.3 is 0 Å². The number of amides is 1. The quantitative estimate of drug-likeness (QED) is 0.779. The predicted molar refractivity (Wildman–Crippen MR) is 94.6 cm³/mol. The van der Waals surface area contributed by atoms with Crippen LogP contribution in [0.4, 0.5) is 0 Å². The van der Waals surface area contributed by atoms with E-state index < -0.39 is 0 Å². The van der Waals surface area contributed by atoms with Crippen LogP contribution in [0.3, 0.4) is 0 Å². The summed E-state index contributed by atoms with van der Waals surface area (Å²) in [6.07, 6.45) is 0.299. The largest absolute Gasteiger partial charge is 0.370 e. The van der Waals surface area contributed by atoms with Crippen molar-refractivity contribution in [1.29, 1.82) is 0 Å². The molecule has 1 unspecified atom stereocenters. The third-order valence-corrected chi connectivity index (χ3v) is 4.67. The van der Waals surface area contributed by atoms with Crippen LogP contribution >= 0.6 is 27.5 Å². The van der Waals surface area contributed by atoms with Gasteiger partial charge in [-0.25, -0.2) is 0 Å². The van der Waals surface area contributed by atoms with Crippen LogP contribution in [0.15, 0.2) is 53.0 Å². The van der Waals surface area contributed by atoms with Crippen molar-refractivity contribution < 1.29 is 9.53 Å². The summed E-state index contributed by atoms with van der Waals surface area (Å²) in [5.41, 5.74) is 2.03. The Morgan fingerprint density at radius 1 is 1.26 bits per heavy atom. The van der Waals surface area contributed by atoms with Crippen molar-refractivity contribution in [3.05, 3.63) is 69.2 Å². The molecule has 2 aromatic carbocycles. The van der Waals surface area contributed by atoms with Crippen LogP contribution in [0.1, 0.15) is 17.2 Å². The second-order valence-corrected chi connectivity index (χ2v) is 6.91. The van der Waals surface area contributed by atoms with Crippen molar-refractivity contribution in [3.63, 3.8) is 0 Å². The Bertz CT molecular complexity index is 690. The molecule has 0 bridgehead atoms. The van der Waals surface area contributed by atoms with Crippen LogP contribution < -0.4 is 0 Å². The highest BCUT2D eigenvalue weighted by atomic mass is 79.9. The average Bonchev–Trinajstić information content (AvgIpc) is 2.56. The molecule has 0 aliphatic carbocycles. The first-order chi connectivity index (χ1) is 11.1. The molecule has 0 spiro atoms. The molecule has 1 amide bonds. The molecule has 0 saturated carbocycles. The van der Waals surface area contributed by atoms with Gasteiger partial charge < -0.3 is 9.64 Å². The van der Waals surface area contributed by atoms with Crippen molar-refractivity contribution in [1.82, 2.24) is 4.90 Å². The number of benzene rings is 2. The third-order valence-electron chi connectivity index (χ3n) is 3.91. The van der Waals surface area contributed by atoms with Gasteiger partial charge in [0, 0.05) is 16.0 Å². The van der Waals surface area contributed by atoms with Crippen molar-refractivity contribution >= 4 is 33.4 Å². The van der Waals surface area contributed by atoms with Gasteiger partial charge in [-0.05, 0) is 35.4 Å². The summed E-state index contributed by atoms with van der Waals surface area (Å²) in [5.74, 6) is 0.109. The summed E-state index contributed by atoms with van der Waals surface area (Å²) in [5, 5.41) is 0.657. The number of nitrogens with zero attached hydrogens (tertiary/aromatic N) is 1. The Hall–Kier alpha value is -1.36. The molecule has 23 heavy (non-hydrogen) atoms. The summed E-state index contributed by atoms with van der Waals surface area (Å²) in [4.78, 5) is 14.4. The lowest BCUT2D eigenvalue weighted by atomic mass is 10.1. The van der Waals surface area contributed by atoms with E-state index in [1.54, 1.807) is 0 Å². The van der Waals surface area contributed by atoms with Crippen LogP contribution in [0, 0.1) is 0 Å². The lowest BCUT2D eigenvalue weighted by Gasteiger charge is -2.33. The van der Waals surface area contributed by atoms with Gasteiger partial charge in [-0.15, -0.1) is 0 Å². The van der Waals surface area contributed by atoms with Gasteiger partial charge in [-0.2, -0.15) is 0 Å². The second-order valence-electron chi connectivity index (χ2n) is 5.56. The molecule has 1 saturated heterocycles. The van der Waals surface area contributed by atoms with Crippen LogP contribution in [-0.4, -0.2) is 30.5 Å². The molecule has 5 heteroatoms. The van der Waals surface area contributed by atoms with Gasteiger partial charge in [0.25, 0.3) is 0 Å². The number of ether oxygens (including phenoxy) is 1. The van der Waals surface area contributed by atoms with E-state index in [4.69, 9.17) is 16.3 Å². The number of morpholine rings is 1. The standard InChI is InChI=1S/C18H17BrClNO2/c19-15-6-4-14(5-7-15)17-12-21(8-9-23-17)18(22)11-13-2-1-3-16(20)10-13/h1-7,10,17H,8-9,11-12H2. The molecule has 1 aliphatic rings. The molecule has 1 atom stereocenters. The monoisotopic (exact) mass is 393 g/mol. The fraction of sp³-hybridized carbons (Fsp3) is 0.278. The summed E-state index contributed by atoms with van der Waals surface area (Å²) >= 11 is 9.41. The normalized spacial score (nSPS) is 18.0. The van der Waals surface area contributed by atoms with Crippen LogP contribution in [-0.2, 0) is 16.0 Å². The summed E-state index contributed by atoms with van der Waals surface area (Å²) in [6.45, 7) is 1.77. The minimum absolute atomic E-state index is 0.0693. The van der Waals surface area contributed by atoms with Gasteiger partial charge in [0.1, 0.15) is 6.10 Å². The number of halogens is 2. The van der Waals surface area contributed by atoms with Gasteiger partial charge in [-0.3, -0.25) is 4.79 Å². The minimum Gasteiger partial charge on any atom is -0.370 e. The minimum atomic E-state index is -0.0693. The maximum Gasteiger partial charge on any atom is 0.227 e. The maximum absolute atomic E-state index is 12.5. The molecular formula is C18H17BrClNO2. The second kappa shape index (κ2) is 7.47. The van der Waals surface area contributed by atoms with Crippen LogP contribution in [0.5, 0.6) is 0 Å². The lowest BCUT2D eigenvalue weighted by molar-refractivity contribution is -0.138. The summed E-state index contributed by atoms with van der Waals surface area (Å²) in [7, 11) is 0. The lowest BCUT2D eigenvalue weighted by Crippen LogP contribution is -2.42. The van der Waals surface area contributed by atoms with Gasteiger partial charge in [0.15, 0.2) is 0 Å². The number of rotatable bonds is 3. The first-order valence-corrected chi connectivity index (χ1v) is 8.68. The van der Waals surface area contributed by atoms with Gasteiger partial charge in [0.2, 0.25) is 5.91 Å². The zero-order valence-corrected chi connectivity index (χ0v) is 14.9. The number of hydrogen-bond donors (Lipinski definition) is 0. The highest BCUT2D eigenvalue weighted by Crippen LogP contribution is 2.24. The maximum atomic E-state index is 12.5. The summed E-state index contributed by atoms with van der Waals surface area (Å²) in [6, 6.07) is 15.5. The molecule has 3 nitrogen and oxygen atoms in total. The summed E-state index contributed by atoms with van der Waals surface area (Å²) < 4.78 is 6.86. The first kappa shape index (κ1) is 16.5. The molecule has 1 heterocycles. The van der Waals surface area contributed by atoms with Crippen LogP contribution in [0.25, 0.3) is 0 Å². The van der Waals surface area contributed by atoms with Crippen molar-refractivity contribution in [2.24, 2.45) is 0 Å². The zero-order valence-electron chi connectivity index (χ0n) is 12.5. The molecule has 120 valence electrons.